The molecule has 1 aromatic rings. The van der Waals surface area contributed by atoms with Crippen molar-refractivity contribution in [3.05, 3.63) is 23.5 Å². The van der Waals surface area contributed by atoms with Crippen molar-refractivity contribution in [2.75, 3.05) is 6.54 Å². The molecule has 0 bridgehead atoms. The van der Waals surface area contributed by atoms with Gasteiger partial charge in [0.2, 0.25) is 0 Å². The van der Waals surface area contributed by atoms with Crippen molar-refractivity contribution in [1.82, 2.24) is 15.5 Å². The summed E-state index contributed by atoms with van der Waals surface area (Å²) >= 11 is 0. The summed E-state index contributed by atoms with van der Waals surface area (Å²) in [6.45, 7) is 3.17. The van der Waals surface area contributed by atoms with Gasteiger partial charge in [0.15, 0.2) is 0 Å². The van der Waals surface area contributed by atoms with Crippen molar-refractivity contribution in [2.45, 2.75) is 19.4 Å². The summed E-state index contributed by atoms with van der Waals surface area (Å²) in [7, 11) is 0. The molecule has 0 spiro atoms. The zero-order valence-electron chi connectivity index (χ0n) is 6.54. The van der Waals surface area contributed by atoms with E-state index in [-0.39, 0.29) is 0 Å². The minimum absolute atomic E-state index is 0.439. The predicted octanol–water partition coefficient (Wildman–Crippen LogP) is 0.683. The third-order valence-electron chi connectivity index (χ3n) is 2.11. The minimum Gasteiger partial charge on any atom is -0.310 e. The van der Waals surface area contributed by atoms with Crippen LogP contribution in [0.5, 0.6) is 0 Å². The molecule has 2 rings (SSSR count). The lowest BCUT2D eigenvalue weighted by atomic mass is 10.0. The van der Waals surface area contributed by atoms with Gasteiger partial charge in [0, 0.05) is 25.2 Å². The summed E-state index contributed by atoms with van der Waals surface area (Å²) < 4.78 is 0. The molecular weight excluding hydrogens is 138 g/mol. The molecule has 1 aliphatic rings. The fraction of sp³-hybridized carbons (Fsp3) is 0.500. The van der Waals surface area contributed by atoms with Crippen LogP contribution in [0, 0.1) is 0 Å². The molecule has 1 aliphatic heterocycles. The van der Waals surface area contributed by atoms with E-state index in [0.717, 1.165) is 18.7 Å². The lowest BCUT2D eigenvalue weighted by Gasteiger charge is -2.21. The van der Waals surface area contributed by atoms with Crippen LogP contribution in [0.1, 0.15) is 24.2 Å². The number of hydrogen-bond donors (Lipinski definition) is 1. The Hall–Kier alpha value is -0.960. The molecule has 3 nitrogen and oxygen atoms in total. The summed E-state index contributed by atoms with van der Waals surface area (Å²) in [4.78, 5) is 0. The Labute approximate surface area is 65.8 Å². The number of aromatic nitrogens is 2. The van der Waals surface area contributed by atoms with E-state index >= 15 is 0 Å². The molecule has 11 heavy (non-hydrogen) atoms. The maximum absolute atomic E-state index is 4.08. The first-order valence-corrected chi connectivity index (χ1v) is 3.92. The van der Waals surface area contributed by atoms with Crippen LogP contribution in [-0.2, 0) is 6.42 Å². The second-order valence-electron chi connectivity index (χ2n) is 2.86. The zero-order chi connectivity index (χ0) is 7.68. The van der Waals surface area contributed by atoms with Gasteiger partial charge < -0.3 is 5.32 Å². The molecular formula is C8H11N3. The second-order valence-corrected chi connectivity index (χ2v) is 2.86. The maximum Gasteiger partial charge on any atom is 0.0691 e. The Balaban J connectivity index is 2.44. The van der Waals surface area contributed by atoms with Gasteiger partial charge in [-0.15, -0.1) is 0 Å². The first kappa shape index (κ1) is 6.73. The van der Waals surface area contributed by atoms with Crippen LogP contribution in [0.4, 0.5) is 0 Å². The number of rotatable bonds is 0. The molecule has 58 valence electrons. The molecule has 0 saturated carbocycles. The molecule has 0 aliphatic carbocycles. The van der Waals surface area contributed by atoms with Gasteiger partial charge >= 0.3 is 0 Å². The lowest BCUT2D eigenvalue weighted by Crippen LogP contribution is -2.28. The Morgan fingerprint density at radius 2 is 2.55 bits per heavy atom. The number of nitrogens with zero attached hydrogens (tertiary/aromatic N) is 2. The fourth-order valence-electron chi connectivity index (χ4n) is 1.48. The third-order valence-corrected chi connectivity index (χ3v) is 2.11. The summed E-state index contributed by atoms with van der Waals surface area (Å²) in [5, 5.41) is 11.3. The summed E-state index contributed by atoms with van der Waals surface area (Å²) in [5.74, 6) is 0. The Morgan fingerprint density at radius 1 is 1.64 bits per heavy atom. The van der Waals surface area contributed by atoms with Crippen molar-refractivity contribution in [3.8, 4) is 0 Å². The SMILES string of the molecule is C[C@H]1NCCc2nnccc21. The highest BCUT2D eigenvalue weighted by Crippen LogP contribution is 2.18. The summed E-state index contributed by atoms with van der Waals surface area (Å²) in [5.41, 5.74) is 2.45. The van der Waals surface area contributed by atoms with Crippen LogP contribution in [0.3, 0.4) is 0 Å². The van der Waals surface area contributed by atoms with Gasteiger partial charge in [-0.3, -0.25) is 0 Å². The quantitative estimate of drug-likeness (QED) is 0.589. The molecule has 0 fully saturated rings. The molecule has 1 aromatic heterocycles. The summed E-state index contributed by atoms with van der Waals surface area (Å²) in [6.07, 6.45) is 2.76. The Morgan fingerprint density at radius 3 is 3.36 bits per heavy atom. The van der Waals surface area contributed by atoms with Crippen LogP contribution in [-0.4, -0.2) is 16.7 Å². The standard InChI is InChI=1S/C8H11N3/c1-6-7-2-5-10-11-8(7)3-4-9-6/h2,5-6,9H,3-4H2,1H3/t6-/m1/s1. The van der Waals surface area contributed by atoms with Crippen molar-refractivity contribution in [2.24, 2.45) is 0 Å². The van der Waals surface area contributed by atoms with E-state index in [2.05, 4.69) is 22.4 Å². The molecule has 0 unspecified atom stereocenters. The highest BCUT2D eigenvalue weighted by Gasteiger charge is 2.15. The third kappa shape index (κ3) is 1.12. The van der Waals surface area contributed by atoms with Gasteiger partial charge in [0.1, 0.15) is 0 Å². The van der Waals surface area contributed by atoms with Gasteiger partial charge in [0.25, 0.3) is 0 Å². The second kappa shape index (κ2) is 2.58. The van der Waals surface area contributed by atoms with Crippen LogP contribution in [0.15, 0.2) is 12.3 Å². The van der Waals surface area contributed by atoms with Crippen LogP contribution >= 0.6 is 0 Å². The monoisotopic (exact) mass is 149 g/mol. The number of fused-ring (bicyclic) bond motifs is 1. The smallest absolute Gasteiger partial charge is 0.0691 e. The highest BCUT2D eigenvalue weighted by molar-refractivity contribution is 5.23. The molecule has 0 radical (unpaired) electrons. The van der Waals surface area contributed by atoms with Gasteiger partial charge in [-0.2, -0.15) is 10.2 Å². The lowest BCUT2D eigenvalue weighted by molar-refractivity contribution is 0.527. The van der Waals surface area contributed by atoms with E-state index in [4.69, 9.17) is 0 Å². The van der Waals surface area contributed by atoms with Gasteiger partial charge in [0.05, 0.1) is 5.69 Å². The molecule has 2 heterocycles. The molecule has 1 atom stereocenters. The summed E-state index contributed by atoms with van der Waals surface area (Å²) in [6, 6.07) is 2.48. The molecule has 1 N–H and O–H groups in total. The van der Waals surface area contributed by atoms with E-state index in [1.165, 1.54) is 5.56 Å². The van der Waals surface area contributed by atoms with Gasteiger partial charge in [-0.05, 0) is 18.6 Å². The first-order chi connectivity index (χ1) is 5.38. The predicted molar refractivity (Wildman–Crippen MR) is 42.2 cm³/mol. The fourth-order valence-corrected chi connectivity index (χ4v) is 1.48. The van der Waals surface area contributed by atoms with Gasteiger partial charge in [-0.1, -0.05) is 0 Å². The molecule has 0 amide bonds. The number of hydrogen-bond acceptors (Lipinski definition) is 3. The van der Waals surface area contributed by atoms with E-state index < -0.39 is 0 Å². The van der Waals surface area contributed by atoms with Crippen molar-refractivity contribution < 1.29 is 0 Å². The number of nitrogens with one attached hydrogen (secondary N) is 1. The van der Waals surface area contributed by atoms with E-state index in [0.29, 0.717) is 6.04 Å². The maximum atomic E-state index is 4.08. The van der Waals surface area contributed by atoms with Crippen molar-refractivity contribution >= 4 is 0 Å². The average Bonchev–Trinajstić information content (AvgIpc) is 2.06. The van der Waals surface area contributed by atoms with Gasteiger partial charge in [-0.25, -0.2) is 0 Å². The van der Waals surface area contributed by atoms with E-state index in [1.54, 1.807) is 6.20 Å². The topological polar surface area (TPSA) is 37.8 Å². The molecule has 3 heteroatoms. The van der Waals surface area contributed by atoms with Crippen molar-refractivity contribution in [1.29, 1.82) is 0 Å². The zero-order valence-corrected chi connectivity index (χ0v) is 6.54. The molecule has 0 saturated heterocycles. The van der Waals surface area contributed by atoms with E-state index in [9.17, 15) is 0 Å². The largest absolute Gasteiger partial charge is 0.310 e. The average molecular weight is 149 g/mol. The van der Waals surface area contributed by atoms with Crippen LogP contribution < -0.4 is 5.32 Å². The first-order valence-electron chi connectivity index (χ1n) is 3.92. The molecule has 0 aromatic carbocycles. The minimum atomic E-state index is 0.439. The normalized spacial score (nSPS) is 22.8. The highest BCUT2D eigenvalue weighted by atomic mass is 15.1. The Kier molecular flexibility index (Phi) is 1.58. The Bertz CT molecular complexity index is 259. The van der Waals surface area contributed by atoms with E-state index in [1.807, 2.05) is 6.07 Å². The van der Waals surface area contributed by atoms with Crippen molar-refractivity contribution in [3.63, 3.8) is 0 Å². The van der Waals surface area contributed by atoms with Crippen LogP contribution in [0.2, 0.25) is 0 Å². The van der Waals surface area contributed by atoms with Crippen LogP contribution in [0.25, 0.3) is 0 Å².